The maximum absolute atomic E-state index is 9.43. The molecule has 5 heteroatoms. The number of allylic oxidation sites excluding steroid dienone is 1. The van der Waals surface area contributed by atoms with Crippen LogP contribution >= 0.6 is 0 Å². The van der Waals surface area contributed by atoms with E-state index in [0.717, 1.165) is 49.2 Å². The van der Waals surface area contributed by atoms with Gasteiger partial charge < -0.3 is 19.8 Å². The summed E-state index contributed by atoms with van der Waals surface area (Å²) < 4.78 is 0. The monoisotopic (exact) mass is 436 g/mol. The van der Waals surface area contributed by atoms with E-state index in [-0.39, 0.29) is 0 Å². The first-order chi connectivity index (χ1) is 15.4. The lowest BCUT2D eigenvalue weighted by Gasteiger charge is -2.37. The van der Waals surface area contributed by atoms with Crippen LogP contribution in [0.25, 0.3) is 0 Å². The van der Waals surface area contributed by atoms with Gasteiger partial charge in [0.15, 0.2) is 0 Å². The molecule has 0 aliphatic carbocycles. The lowest BCUT2D eigenvalue weighted by molar-refractivity contribution is 0.475. The van der Waals surface area contributed by atoms with Crippen molar-refractivity contribution in [2.75, 3.05) is 47.9 Å². The van der Waals surface area contributed by atoms with Crippen molar-refractivity contribution in [2.24, 2.45) is 10.9 Å². The normalized spacial score (nSPS) is 13.8. The minimum Gasteiger partial charge on any atom is -0.508 e. The number of benzene rings is 2. The Bertz CT molecular complexity index is 833. The molecular weight excluding hydrogens is 396 g/mol. The predicted molar refractivity (Wildman–Crippen MR) is 140 cm³/mol. The molecule has 3 rings (SSSR count). The minimum absolute atomic E-state index is 0.310. The zero-order chi connectivity index (χ0) is 23.5. The summed E-state index contributed by atoms with van der Waals surface area (Å²) >= 11 is 0. The molecule has 0 saturated carbocycles. The van der Waals surface area contributed by atoms with E-state index in [1.54, 1.807) is 25.5 Å². The van der Waals surface area contributed by atoms with Gasteiger partial charge in [-0.2, -0.15) is 0 Å². The van der Waals surface area contributed by atoms with E-state index in [9.17, 15) is 5.11 Å². The van der Waals surface area contributed by atoms with E-state index in [1.807, 2.05) is 24.0 Å². The second kappa shape index (κ2) is 12.8. The number of piperazine rings is 1. The number of hydrogen-bond donors (Lipinski definition) is 1. The second-order valence-electron chi connectivity index (χ2n) is 8.41. The molecule has 1 aliphatic heterocycles. The quantitative estimate of drug-likeness (QED) is 0.417. The molecule has 32 heavy (non-hydrogen) atoms. The van der Waals surface area contributed by atoms with E-state index in [1.165, 1.54) is 18.5 Å². The standard InChI is InChI=1S/C21H26N4O.C6H14/c1-17(2)25(16-22-3)20-6-4-18(5-7-20)23-12-14-24(15-13-23)19-8-10-21(26)11-9-19;1-4-6(3)5-2/h4-11,16,26H,1,12-15H2,2-3H3;6H,4-5H2,1-3H3. The van der Waals surface area contributed by atoms with Gasteiger partial charge in [0.1, 0.15) is 5.75 Å². The zero-order valence-electron chi connectivity index (χ0n) is 20.5. The van der Waals surface area contributed by atoms with Gasteiger partial charge in [-0.3, -0.25) is 4.99 Å². The fraction of sp³-hybridized carbons (Fsp3) is 0.444. The number of hydrogen-bond acceptors (Lipinski definition) is 4. The van der Waals surface area contributed by atoms with Gasteiger partial charge >= 0.3 is 0 Å². The third-order valence-electron chi connectivity index (χ3n) is 6.02. The van der Waals surface area contributed by atoms with Gasteiger partial charge in [0.2, 0.25) is 0 Å². The van der Waals surface area contributed by atoms with Crippen LogP contribution in [0.4, 0.5) is 17.1 Å². The van der Waals surface area contributed by atoms with Gasteiger partial charge in [-0.15, -0.1) is 0 Å². The van der Waals surface area contributed by atoms with Gasteiger partial charge in [-0.1, -0.05) is 40.2 Å². The van der Waals surface area contributed by atoms with E-state index >= 15 is 0 Å². The smallest absolute Gasteiger partial charge is 0.115 e. The molecule has 0 amide bonds. The summed E-state index contributed by atoms with van der Waals surface area (Å²) in [5, 5.41) is 9.43. The fourth-order valence-corrected chi connectivity index (χ4v) is 3.50. The Morgan fingerprint density at radius 1 is 0.969 bits per heavy atom. The van der Waals surface area contributed by atoms with Crippen LogP contribution in [0.3, 0.4) is 0 Å². The molecule has 0 unspecified atom stereocenters. The first-order valence-electron chi connectivity index (χ1n) is 11.7. The summed E-state index contributed by atoms with van der Waals surface area (Å²) in [6.07, 6.45) is 4.45. The first kappa shape index (κ1) is 25.3. The Labute approximate surface area is 194 Å². The molecule has 1 aliphatic rings. The molecule has 0 aromatic heterocycles. The zero-order valence-corrected chi connectivity index (χ0v) is 20.5. The Kier molecular flexibility index (Phi) is 10.1. The highest BCUT2D eigenvalue weighted by Crippen LogP contribution is 2.25. The van der Waals surface area contributed by atoms with Crippen LogP contribution in [0.5, 0.6) is 5.75 Å². The molecule has 2 aromatic carbocycles. The van der Waals surface area contributed by atoms with Gasteiger partial charge in [-0.25, -0.2) is 0 Å². The molecule has 1 heterocycles. The van der Waals surface area contributed by atoms with Gasteiger partial charge in [0.05, 0.1) is 6.34 Å². The van der Waals surface area contributed by atoms with Crippen molar-refractivity contribution in [3.05, 3.63) is 60.8 Å². The van der Waals surface area contributed by atoms with E-state index < -0.39 is 0 Å². The first-order valence-corrected chi connectivity index (χ1v) is 11.7. The summed E-state index contributed by atoms with van der Waals surface area (Å²) in [7, 11) is 1.76. The third-order valence-corrected chi connectivity index (χ3v) is 6.02. The highest BCUT2D eigenvalue weighted by atomic mass is 16.3. The highest BCUT2D eigenvalue weighted by Gasteiger charge is 2.18. The molecule has 2 aromatic rings. The molecule has 1 fully saturated rings. The van der Waals surface area contributed by atoms with Crippen LogP contribution in [-0.4, -0.2) is 44.7 Å². The molecular formula is C27H40N4O. The average molecular weight is 437 g/mol. The van der Waals surface area contributed by atoms with Crippen LogP contribution in [0, 0.1) is 5.92 Å². The predicted octanol–water partition coefficient (Wildman–Crippen LogP) is 6.16. The van der Waals surface area contributed by atoms with Crippen LogP contribution in [0.2, 0.25) is 0 Å². The maximum atomic E-state index is 9.43. The largest absolute Gasteiger partial charge is 0.508 e. The van der Waals surface area contributed by atoms with Crippen molar-refractivity contribution >= 4 is 23.4 Å². The van der Waals surface area contributed by atoms with Crippen LogP contribution in [-0.2, 0) is 0 Å². The fourth-order valence-electron chi connectivity index (χ4n) is 3.50. The van der Waals surface area contributed by atoms with Crippen molar-refractivity contribution in [3.63, 3.8) is 0 Å². The molecule has 0 bridgehead atoms. The number of phenolic OH excluding ortho intramolecular Hbond substituents is 1. The summed E-state index contributed by atoms with van der Waals surface area (Å²) in [4.78, 5) is 10.8. The topological polar surface area (TPSA) is 42.3 Å². The van der Waals surface area contributed by atoms with Crippen molar-refractivity contribution in [2.45, 2.75) is 40.5 Å². The van der Waals surface area contributed by atoms with Crippen LogP contribution in [0.15, 0.2) is 65.8 Å². The van der Waals surface area contributed by atoms with Crippen LogP contribution < -0.4 is 14.7 Å². The molecule has 174 valence electrons. The molecule has 0 spiro atoms. The average Bonchev–Trinajstić information content (AvgIpc) is 2.83. The highest BCUT2D eigenvalue weighted by molar-refractivity contribution is 5.83. The number of rotatable bonds is 7. The van der Waals surface area contributed by atoms with E-state index in [0.29, 0.717) is 5.75 Å². The molecule has 1 N–H and O–H groups in total. The number of nitrogens with zero attached hydrogens (tertiary/aromatic N) is 4. The van der Waals surface area contributed by atoms with Crippen molar-refractivity contribution in [1.82, 2.24) is 0 Å². The minimum atomic E-state index is 0.310. The maximum Gasteiger partial charge on any atom is 0.115 e. The SMILES string of the molecule is C=C(C)N(C=NC)c1ccc(N2CCN(c3ccc(O)cc3)CC2)cc1.CCC(C)CC. The van der Waals surface area contributed by atoms with Crippen LogP contribution in [0.1, 0.15) is 40.5 Å². The Hall–Kier alpha value is -2.95. The van der Waals surface area contributed by atoms with Gasteiger partial charge in [-0.05, 0) is 61.4 Å². The van der Waals surface area contributed by atoms with Crippen molar-refractivity contribution in [3.8, 4) is 5.75 Å². The molecule has 0 radical (unpaired) electrons. The second-order valence-corrected chi connectivity index (χ2v) is 8.41. The summed E-state index contributed by atoms with van der Waals surface area (Å²) in [6, 6.07) is 16.0. The number of phenols is 1. The van der Waals surface area contributed by atoms with Gasteiger partial charge in [0.25, 0.3) is 0 Å². The summed E-state index contributed by atoms with van der Waals surface area (Å²) in [5.74, 6) is 1.24. The van der Waals surface area contributed by atoms with Gasteiger partial charge in [0, 0.05) is 56.0 Å². The summed E-state index contributed by atoms with van der Waals surface area (Å²) in [6.45, 7) is 16.6. The Morgan fingerprint density at radius 2 is 1.41 bits per heavy atom. The van der Waals surface area contributed by atoms with E-state index in [2.05, 4.69) is 66.4 Å². The molecule has 5 nitrogen and oxygen atoms in total. The van der Waals surface area contributed by atoms with Crippen molar-refractivity contribution in [1.29, 1.82) is 0 Å². The molecule has 1 saturated heterocycles. The molecule has 0 atom stereocenters. The Morgan fingerprint density at radius 3 is 1.75 bits per heavy atom. The summed E-state index contributed by atoms with van der Waals surface area (Å²) in [5.41, 5.74) is 4.39. The van der Waals surface area contributed by atoms with Crippen molar-refractivity contribution < 1.29 is 5.11 Å². The number of anilines is 3. The van der Waals surface area contributed by atoms with E-state index in [4.69, 9.17) is 0 Å². The number of aliphatic imine (C=N–C) groups is 1. The Balaban J connectivity index is 0.000000534. The lowest BCUT2D eigenvalue weighted by Crippen LogP contribution is -2.46. The third kappa shape index (κ3) is 7.33. The number of aromatic hydroxyl groups is 1. The lowest BCUT2D eigenvalue weighted by atomic mass is 10.1.